The van der Waals surface area contributed by atoms with Crippen molar-refractivity contribution >= 4 is 33.0 Å². The number of hydrogen-bond acceptors (Lipinski definition) is 5. The van der Waals surface area contributed by atoms with Crippen molar-refractivity contribution < 1.29 is 22.5 Å². The Bertz CT molecular complexity index is 1170. The summed E-state index contributed by atoms with van der Waals surface area (Å²) in [5.41, 5.74) is -0.0838. The van der Waals surface area contributed by atoms with Crippen molar-refractivity contribution in [2.24, 2.45) is 0 Å². The molecule has 0 radical (unpaired) electrons. The van der Waals surface area contributed by atoms with Gasteiger partial charge in [-0.1, -0.05) is 24.3 Å². The maximum Gasteiger partial charge on any atom is 0.271 e. The first-order valence-electron chi connectivity index (χ1n) is 8.65. The minimum Gasteiger partial charge on any atom is -0.325 e. The number of hydrogen-bond donors (Lipinski definition) is 1. The highest BCUT2D eigenvalue weighted by molar-refractivity contribution is 7.92. The Labute approximate surface area is 171 Å². The van der Waals surface area contributed by atoms with Gasteiger partial charge in [-0.05, 0) is 42.5 Å². The zero-order valence-corrected chi connectivity index (χ0v) is 16.3. The van der Waals surface area contributed by atoms with E-state index in [1.165, 1.54) is 54.6 Å². The van der Waals surface area contributed by atoms with Crippen LogP contribution in [0.4, 0.5) is 21.5 Å². The molecule has 3 aromatic rings. The molecular formula is C20H16FN3O5S. The van der Waals surface area contributed by atoms with Crippen LogP contribution >= 0.6 is 0 Å². The maximum absolute atomic E-state index is 13.2. The average molecular weight is 429 g/mol. The standard InChI is InChI=1S/C20H16FN3O5S/c21-15-9-11-16(12-10-15)22-20(25)14-23(17-5-4-6-18(13-17)24(26)27)30(28,29)19-7-2-1-3-8-19/h1-13H,14H2,(H,22,25). The quantitative estimate of drug-likeness (QED) is 0.456. The van der Waals surface area contributed by atoms with Gasteiger partial charge in [0, 0.05) is 17.8 Å². The molecule has 0 aliphatic rings. The van der Waals surface area contributed by atoms with Crippen molar-refractivity contribution in [1.82, 2.24) is 0 Å². The van der Waals surface area contributed by atoms with E-state index in [1.54, 1.807) is 6.07 Å². The number of rotatable bonds is 7. The molecule has 0 aromatic heterocycles. The first-order valence-corrected chi connectivity index (χ1v) is 10.1. The van der Waals surface area contributed by atoms with E-state index in [9.17, 15) is 27.7 Å². The van der Waals surface area contributed by atoms with E-state index in [2.05, 4.69) is 5.32 Å². The molecule has 0 aliphatic heterocycles. The van der Waals surface area contributed by atoms with Crippen LogP contribution in [-0.2, 0) is 14.8 Å². The third-order valence-electron chi connectivity index (χ3n) is 4.07. The predicted octanol–water partition coefficient (Wildman–Crippen LogP) is 3.57. The molecule has 8 nitrogen and oxygen atoms in total. The van der Waals surface area contributed by atoms with Crippen molar-refractivity contribution in [2.45, 2.75) is 4.90 Å². The molecule has 0 saturated heterocycles. The Kier molecular flexibility index (Phi) is 6.07. The van der Waals surface area contributed by atoms with Gasteiger partial charge in [0.1, 0.15) is 12.4 Å². The molecule has 0 fully saturated rings. The van der Waals surface area contributed by atoms with Gasteiger partial charge in [-0.15, -0.1) is 0 Å². The van der Waals surface area contributed by atoms with E-state index >= 15 is 0 Å². The topological polar surface area (TPSA) is 110 Å². The lowest BCUT2D eigenvalue weighted by atomic mass is 10.3. The Balaban J connectivity index is 1.97. The second-order valence-corrected chi connectivity index (χ2v) is 8.02. The molecule has 0 bridgehead atoms. The van der Waals surface area contributed by atoms with E-state index in [0.29, 0.717) is 0 Å². The Morgan fingerprint density at radius 2 is 1.67 bits per heavy atom. The van der Waals surface area contributed by atoms with Crippen molar-refractivity contribution in [3.63, 3.8) is 0 Å². The fourth-order valence-electron chi connectivity index (χ4n) is 2.66. The van der Waals surface area contributed by atoms with Crippen LogP contribution in [0.25, 0.3) is 0 Å². The molecule has 0 saturated carbocycles. The molecule has 1 N–H and O–H groups in total. The number of nitrogens with zero attached hydrogens (tertiary/aromatic N) is 2. The fraction of sp³-hybridized carbons (Fsp3) is 0.0500. The van der Waals surface area contributed by atoms with Gasteiger partial charge in [-0.2, -0.15) is 0 Å². The van der Waals surface area contributed by atoms with E-state index in [-0.39, 0.29) is 22.0 Å². The van der Waals surface area contributed by atoms with Gasteiger partial charge in [0.05, 0.1) is 15.5 Å². The highest BCUT2D eigenvalue weighted by Gasteiger charge is 2.28. The summed E-state index contributed by atoms with van der Waals surface area (Å²) in [4.78, 5) is 22.9. The van der Waals surface area contributed by atoms with E-state index < -0.39 is 33.2 Å². The van der Waals surface area contributed by atoms with Crippen molar-refractivity contribution in [2.75, 3.05) is 16.2 Å². The normalized spacial score (nSPS) is 11.0. The maximum atomic E-state index is 13.2. The minimum absolute atomic E-state index is 0.0395. The van der Waals surface area contributed by atoms with Crippen LogP contribution in [-0.4, -0.2) is 25.8 Å². The summed E-state index contributed by atoms with van der Waals surface area (Å²) < 4.78 is 40.2. The van der Waals surface area contributed by atoms with E-state index in [1.807, 2.05) is 0 Å². The van der Waals surface area contributed by atoms with Crippen molar-refractivity contribution in [1.29, 1.82) is 0 Å². The predicted molar refractivity (Wildman–Crippen MR) is 109 cm³/mol. The first-order chi connectivity index (χ1) is 14.3. The summed E-state index contributed by atoms with van der Waals surface area (Å²) in [6.45, 7) is -0.643. The first kappa shape index (κ1) is 20.9. The number of benzene rings is 3. The van der Waals surface area contributed by atoms with E-state index in [4.69, 9.17) is 0 Å². The molecule has 30 heavy (non-hydrogen) atoms. The van der Waals surface area contributed by atoms with Gasteiger partial charge in [-0.3, -0.25) is 19.2 Å². The lowest BCUT2D eigenvalue weighted by Crippen LogP contribution is -2.38. The Morgan fingerprint density at radius 3 is 2.30 bits per heavy atom. The van der Waals surface area contributed by atoms with Crippen LogP contribution in [0.2, 0.25) is 0 Å². The van der Waals surface area contributed by atoms with Crippen LogP contribution in [0.15, 0.2) is 83.8 Å². The van der Waals surface area contributed by atoms with Gasteiger partial charge in [-0.25, -0.2) is 12.8 Å². The molecule has 0 atom stereocenters. The average Bonchev–Trinajstić information content (AvgIpc) is 2.74. The van der Waals surface area contributed by atoms with Crippen molar-refractivity contribution in [3.8, 4) is 0 Å². The number of nitrogens with one attached hydrogen (secondary N) is 1. The number of carbonyl (C=O) groups is 1. The summed E-state index contributed by atoms with van der Waals surface area (Å²) >= 11 is 0. The molecular weight excluding hydrogens is 413 g/mol. The summed E-state index contributed by atoms with van der Waals surface area (Å²) in [5, 5.41) is 13.6. The van der Waals surface area contributed by atoms with Gasteiger partial charge >= 0.3 is 0 Å². The third-order valence-corrected chi connectivity index (χ3v) is 5.86. The van der Waals surface area contributed by atoms with Crippen LogP contribution in [0.5, 0.6) is 0 Å². The SMILES string of the molecule is O=C(CN(c1cccc([N+](=O)[O-])c1)S(=O)(=O)c1ccccc1)Nc1ccc(F)cc1. The fourth-order valence-corrected chi connectivity index (χ4v) is 4.09. The largest absolute Gasteiger partial charge is 0.325 e. The number of halogens is 1. The molecule has 3 aromatic carbocycles. The van der Waals surface area contributed by atoms with Gasteiger partial charge in [0.2, 0.25) is 5.91 Å². The number of carbonyl (C=O) groups excluding carboxylic acids is 1. The van der Waals surface area contributed by atoms with E-state index in [0.717, 1.165) is 22.5 Å². The second-order valence-electron chi connectivity index (χ2n) is 6.16. The number of anilines is 2. The summed E-state index contributed by atoms with van der Waals surface area (Å²) in [5.74, 6) is -1.19. The second kappa shape index (κ2) is 8.70. The smallest absolute Gasteiger partial charge is 0.271 e. The Morgan fingerprint density at radius 1 is 1.00 bits per heavy atom. The summed E-state index contributed by atoms with van der Waals surface area (Å²) in [6, 6.07) is 17.3. The molecule has 1 amide bonds. The number of nitro benzene ring substituents is 1. The van der Waals surface area contributed by atoms with Gasteiger partial charge in [0.25, 0.3) is 15.7 Å². The zero-order valence-electron chi connectivity index (χ0n) is 15.4. The molecule has 0 heterocycles. The zero-order chi connectivity index (χ0) is 21.7. The summed E-state index contributed by atoms with van der Waals surface area (Å²) in [7, 11) is -4.20. The lowest BCUT2D eigenvalue weighted by molar-refractivity contribution is -0.384. The van der Waals surface area contributed by atoms with Crippen LogP contribution in [0, 0.1) is 15.9 Å². The van der Waals surface area contributed by atoms with Crippen LogP contribution < -0.4 is 9.62 Å². The van der Waals surface area contributed by atoms with Crippen LogP contribution in [0.1, 0.15) is 0 Å². The molecule has 154 valence electrons. The number of amides is 1. The summed E-state index contributed by atoms with van der Waals surface area (Å²) in [6.07, 6.45) is 0. The molecule has 3 rings (SSSR count). The number of sulfonamides is 1. The Hall–Kier alpha value is -3.79. The monoisotopic (exact) mass is 429 g/mol. The van der Waals surface area contributed by atoms with Crippen molar-refractivity contribution in [3.05, 3.63) is 94.8 Å². The molecule has 0 aliphatic carbocycles. The van der Waals surface area contributed by atoms with Crippen LogP contribution in [0.3, 0.4) is 0 Å². The highest BCUT2D eigenvalue weighted by atomic mass is 32.2. The molecule has 10 heteroatoms. The van der Waals surface area contributed by atoms with Gasteiger partial charge in [0.15, 0.2) is 0 Å². The lowest BCUT2D eigenvalue weighted by Gasteiger charge is -2.24. The number of non-ortho nitro benzene ring substituents is 1. The van der Waals surface area contributed by atoms with Gasteiger partial charge < -0.3 is 5.32 Å². The highest BCUT2D eigenvalue weighted by Crippen LogP contribution is 2.27. The third kappa shape index (κ3) is 4.78. The minimum atomic E-state index is -4.20. The molecule has 0 unspecified atom stereocenters. The number of nitro groups is 1. The molecule has 0 spiro atoms.